The van der Waals surface area contributed by atoms with Gasteiger partial charge >= 0.3 is 0 Å². The lowest BCUT2D eigenvalue weighted by atomic mass is 9.87. The van der Waals surface area contributed by atoms with Gasteiger partial charge in [-0.15, -0.1) is 0 Å². The van der Waals surface area contributed by atoms with Gasteiger partial charge in [0.05, 0.1) is 7.11 Å². The van der Waals surface area contributed by atoms with E-state index in [1.165, 1.54) is 12.8 Å². The van der Waals surface area contributed by atoms with Crippen molar-refractivity contribution >= 4 is 5.78 Å². The largest absolute Gasteiger partial charge is 0.497 e. The van der Waals surface area contributed by atoms with Gasteiger partial charge in [-0.05, 0) is 43.7 Å². The van der Waals surface area contributed by atoms with Gasteiger partial charge in [0.1, 0.15) is 5.75 Å². The van der Waals surface area contributed by atoms with Gasteiger partial charge in [-0.25, -0.2) is 0 Å². The number of Topliss-reactive ketones (excluding diaryl/α,β-unsaturated/α-hetero) is 1. The molecule has 1 aromatic rings. The highest BCUT2D eigenvalue weighted by molar-refractivity contribution is 5.96. The van der Waals surface area contributed by atoms with Crippen LogP contribution in [0.2, 0.25) is 0 Å². The van der Waals surface area contributed by atoms with Crippen molar-refractivity contribution in [2.24, 2.45) is 5.92 Å². The zero-order chi connectivity index (χ0) is 13.2. The highest BCUT2D eigenvalue weighted by Crippen LogP contribution is 2.33. The summed E-state index contributed by atoms with van der Waals surface area (Å²) < 4.78 is 5.18. The van der Waals surface area contributed by atoms with Crippen molar-refractivity contribution in [3.05, 3.63) is 29.8 Å². The third-order valence-corrected chi connectivity index (χ3v) is 4.44. The summed E-state index contributed by atoms with van der Waals surface area (Å²) in [5.74, 6) is 1.57. The highest BCUT2D eigenvalue weighted by Gasteiger charge is 2.34. The molecule has 0 radical (unpaired) electrons. The summed E-state index contributed by atoms with van der Waals surface area (Å²) in [7, 11) is 1.63. The lowest BCUT2D eigenvalue weighted by Gasteiger charge is -2.28. The summed E-state index contributed by atoms with van der Waals surface area (Å²) in [5.41, 5.74) is 0.783. The van der Waals surface area contributed by atoms with Crippen LogP contribution in [0.3, 0.4) is 0 Å². The maximum Gasteiger partial charge on any atom is 0.163 e. The molecule has 2 aliphatic rings. The van der Waals surface area contributed by atoms with Gasteiger partial charge in [0.2, 0.25) is 0 Å². The van der Waals surface area contributed by atoms with E-state index in [1.54, 1.807) is 7.11 Å². The summed E-state index contributed by atoms with van der Waals surface area (Å²) in [6.07, 6.45) is 5.57. The SMILES string of the molecule is COc1cccc(C(=O)CC2CC3CCC(C2)N3)c1. The molecule has 102 valence electrons. The monoisotopic (exact) mass is 259 g/mol. The second-order valence-electron chi connectivity index (χ2n) is 5.83. The topological polar surface area (TPSA) is 38.3 Å². The molecule has 2 aliphatic heterocycles. The maximum atomic E-state index is 12.3. The Hall–Kier alpha value is -1.35. The molecule has 2 heterocycles. The first-order chi connectivity index (χ1) is 9.24. The molecule has 3 nitrogen and oxygen atoms in total. The summed E-state index contributed by atoms with van der Waals surface area (Å²) in [5, 5.41) is 3.62. The lowest BCUT2D eigenvalue weighted by molar-refractivity contribution is 0.0945. The number of benzene rings is 1. The molecular formula is C16H21NO2. The van der Waals surface area contributed by atoms with E-state index in [2.05, 4.69) is 5.32 Å². The van der Waals surface area contributed by atoms with E-state index < -0.39 is 0 Å². The number of ketones is 1. The fourth-order valence-electron chi connectivity index (χ4n) is 3.52. The molecule has 3 rings (SSSR count). The number of fused-ring (bicyclic) bond motifs is 2. The van der Waals surface area contributed by atoms with E-state index in [-0.39, 0.29) is 5.78 Å². The average molecular weight is 259 g/mol. The van der Waals surface area contributed by atoms with Crippen LogP contribution in [0.1, 0.15) is 42.5 Å². The van der Waals surface area contributed by atoms with Gasteiger partial charge in [-0.1, -0.05) is 12.1 Å². The number of piperidine rings is 1. The Bertz CT molecular complexity index is 460. The molecule has 2 atom stereocenters. The molecule has 2 saturated heterocycles. The Labute approximate surface area is 114 Å². The van der Waals surface area contributed by atoms with Gasteiger partial charge in [-0.3, -0.25) is 4.79 Å². The van der Waals surface area contributed by atoms with Crippen molar-refractivity contribution in [1.29, 1.82) is 0 Å². The molecular weight excluding hydrogens is 238 g/mol. The normalized spacial score (nSPS) is 29.2. The molecule has 2 bridgehead atoms. The number of carbonyl (C=O) groups is 1. The predicted molar refractivity (Wildman–Crippen MR) is 74.6 cm³/mol. The number of carbonyl (C=O) groups excluding carboxylic acids is 1. The minimum Gasteiger partial charge on any atom is -0.497 e. The Balaban J connectivity index is 1.64. The van der Waals surface area contributed by atoms with Crippen LogP contribution in [0.15, 0.2) is 24.3 Å². The molecule has 2 fully saturated rings. The quantitative estimate of drug-likeness (QED) is 0.845. The molecule has 0 saturated carbocycles. The van der Waals surface area contributed by atoms with Gasteiger partial charge < -0.3 is 10.1 Å². The molecule has 1 aromatic carbocycles. The van der Waals surface area contributed by atoms with Crippen LogP contribution in [0.5, 0.6) is 5.75 Å². The highest BCUT2D eigenvalue weighted by atomic mass is 16.5. The minimum atomic E-state index is 0.255. The van der Waals surface area contributed by atoms with E-state index in [0.717, 1.165) is 24.2 Å². The first kappa shape index (κ1) is 12.7. The van der Waals surface area contributed by atoms with Gasteiger partial charge in [0.25, 0.3) is 0 Å². The van der Waals surface area contributed by atoms with Gasteiger partial charge in [0.15, 0.2) is 5.78 Å². The van der Waals surface area contributed by atoms with E-state index in [1.807, 2.05) is 24.3 Å². The lowest BCUT2D eigenvalue weighted by Crippen LogP contribution is -2.38. The summed E-state index contributed by atoms with van der Waals surface area (Å²) >= 11 is 0. The van der Waals surface area contributed by atoms with Crippen molar-refractivity contribution in [2.45, 2.75) is 44.2 Å². The Morgan fingerprint density at radius 3 is 2.74 bits per heavy atom. The smallest absolute Gasteiger partial charge is 0.163 e. The second kappa shape index (κ2) is 5.33. The molecule has 3 heteroatoms. The van der Waals surface area contributed by atoms with Crippen LogP contribution in [0, 0.1) is 5.92 Å². The molecule has 0 aliphatic carbocycles. The molecule has 19 heavy (non-hydrogen) atoms. The van der Waals surface area contributed by atoms with E-state index in [0.29, 0.717) is 24.4 Å². The number of ether oxygens (including phenoxy) is 1. The fraction of sp³-hybridized carbons (Fsp3) is 0.562. The number of hydrogen-bond donors (Lipinski definition) is 1. The number of rotatable bonds is 4. The molecule has 2 unspecified atom stereocenters. The van der Waals surface area contributed by atoms with Crippen LogP contribution in [0.25, 0.3) is 0 Å². The summed E-state index contributed by atoms with van der Waals surface area (Å²) in [6, 6.07) is 8.81. The van der Waals surface area contributed by atoms with Crippen LogP contribution in [-0.2, 0) is 0 Å². The van der Waals surface area contributed by atoms with Gasteiger partial charge in [0, 0.05) is 24.1 Å². The zero-order valence-corrected chi connectivity index (χ0v) is 11.4. The Morgan fingerprint density at radius 1 is 1.32 bits per heavy atom. The first-order valence-corrected chi connectivity index (χ1v) is 7.18. The van der Waals surface area contributed by atoms with E-state index in [9.17, 15) is 4.79 Å². The molecule has 0 aromatic heterocycles. The zero-order valence-electron chi connectivity index (χ0n) is 11.4. The predicted octanol–water partition coefficient (Wildman–Crippen LogP) is 2.80. The van der Waals surface area contributed by atoms with Crippen molar-refractivity contribution in [2.75, 3.05) is 7.11 Å². The summed E-state index contributed by atoms with van der Waals surface area (Å²) in [6.45, 7) is 0. The van der Waals surface area contributed by atoms with E-state index in [4.69, 9.17) is 4.74 Å². The average Bonchev–Trinajstić information content (AvgIpc) is 2.78. The first-order valence-electron chi connectivity index (χ1n) is 7.18. The standard InChI is InChI=1S/C16H21NO2/c1-19-15-4-2-3-12(10-15)16(18)9-11-7-13-5-6-14(8-11)17-13/h2-4,10-11,13-14,17H,5-9H2,1H3. The summed E-state index contributed by atoms with van der Waals surface area (Å²) in [4.78, 5) is 12.3. The van der Waals surface area contributed by atoms with Crippen LogP contribution in [0.4, 0.5) is 0 Å². The van der Waals surface area contributed by atoms with Crippen molar-refractivity contribution in [1.82, 2.24) is 5.32 Å². The van der Waals surface area contributed by atoms with Crippen LogP contribution < -0.4 is 10.1 Å². The van der Waals surface area contributed by atoms with Crippen molar-refractivity contribution in [3.63, 3.8) is 0 Å². The van der Waals surface area contributed by atoms with Crippen LogP contribution in [-0.4, -0.2) is 25.0 Å². The number of nitrogens with one attached hydrogen (secondary N) is 1. The molecule has 0 spiro atoms. The minimum absolute atomic E-state index is 0.255. The van der Waals surface area contributed by atoms with Crippen molar-refractivity contribution in [3.8, 4) is 5.75 Å². The van der Waals surface area contributed by atoms with Gasteiger partial charge in [-0.2, -0.15) is 0 Å². The Kier molecular flexibility index (Phi) is 3.56. The molecule has 0 amide bonds. The molecule has 1 N–H and O–H groups in total. The third-order valence-electron chi connectivity index (χ3n) is 4.44. The Morgan fingerprint density at radius 2 is 2.05 bits per heavy atom. The van der Waals surface area contributed by atoms with E-state index >= 15 is 0 Å². The van der Waals surface area contributed by atoms with Crippen molar-refractivity contribution < 1.29 is 9.53 Å². The second-order valence-corrected chi connectivity index (χ2v) is 5.83. The third kappa shape index (κ3) is 2.81. The van der Waals surface area contributed by atoms with Crippen LogP contribution >= 0.6 is 0 Å². The maximum absolute atomic E-state index is 12.3. The number of methoxy groups -OCH3 is 1. The fourth-order valence-corrected chi connectivity index (χ4v) is 3.52. The number of hydrogen-bond acceptors (Lipinski definition) is 3.